The van der Waals surface area contributed by atoms with Gasteiger partial charge in [0.05, 0.1) is 5.69 Å². The molecule has 3 nitrogen and oxygen atoms in total. The van der Waals surface area contributed by atoms with Gasteiger partial charge in [0.25, 0.3) is 0 Å². The topological polar surface area (TPSA) is 57.2 Å². The molecule has 12 heavy (non-hydrogen) atoms. The van der Waals surface area contributed by atoms with Crippen LogP contribution < -0.4 is 0 Å². The summed E-state index contributed by atoms with van der Waals surface area (Å²) < 4.78 is 0. The van der Waals surface area contributed by atoms with E-state index in [1.54, 1.807) is 0 Å². The van der Waals surface area contributed by atoms with Crippen molar-refractivity contribution in [1.82, 2.24) is 10.2 Å². The van der Waals surface area contributed by atoms with Crippen molar-refractivity contribution in [2.24, 2.45) is 0 Å². The third-order valence-corrected chi connectivity index (χ3v) is 1.57. The zero-order valence-electron chi connectivity index (χ0n) is 6.40. The van der Waals surface area contributed by atoms with Crippen molar-refractivity contribution in [3.63, 3.8) is 0 Å². The molecule has 0 fully saturated rings. The third kappa shape index (κ3) is 1.52. The second-order valence-electron chi connectivity index (χ2n) is 2.33. The minimum atomic E-state index is 0. The van der Waals surface area contributed by atoms with E-state index < -0.39 is 0 Å². The highest BCUT2D eigenvalue weighted by molar-refractivity contribution is 5.57. The van der Waals surface area contributed by atoms with Crippen molar-refractivity contribution in [2.75, 3.05) is 0 Å². The fourth-order valence-electron chi connectivity index (χ4n) is 1.03. The second kappa shape index (κ2) is 3.69. The van der Waals surface area contributed by atoms with Crippen LogP contribution in [0.3, 0.4) is 0 Å². The predicted molar refractivity (Wildman–Crippen MR) is 44.7 cm³/mol. The lowest BCUT2D eigenvalue weighted by Gasteiger charge is -1.91. The molecular weight excluding hydrogens is 152 g/mol. The zero-order valence-corrected chi connectivity index (χ0v) is 6.40. The maximum atomic E-state index is 4.06. The van der Waals surface area contributed by atoms with Gasteiger partial charge in [0.1, 0.15) is 0 Å². The summed E-state index contributed by atoms with van der Waals surface area (Å²) in [7, 11) is 0. The molecule has 0 bridgehead atoms. The maximum absolute atomic E-state index is 4.06. The normalized spacial score (nSPS) is 9.00. The molecule has 1 N–H and O–H groups in total. The standard InChI is InChI=1S/C9H8N2.O/c1-2-4-8(5-3-1)9-6-7-10-11-9;/h1-7H,(H,10,11);. The molecule has 0 aliphatic heterocycles. The largest absolute Gasteiger partial charge is 0.285 e. The molecule has 60 valence electrons. The summed E-state index contributed by atoms with van der Waals surface area (Å²) in [5, 5.41) is 6.84. The molecule has 0 amide bonds. The minimum absolute atomic E-state index is 0. The number of aromatic amines is 1. The van der Waals surface area contributed by atoms with E-state index in [4.69, 9.17) is 0 Å². The molecule has 3 heteroatoms. The molecule has 0 saturated carbocycles. The Hall–Kier alpha value is -1.61. The molecular formula is C9H8N2O. The van der Waals surface area contributed by atoms with Crippen molar-refractivity contribution >= 4 is 0 Å². The first-order valence-corrected chi connectivity index (χ1v) is 3.52. The minimum Gasteiger partial charge on any atom is -0.285 e. The highest BCUT2D eigenvalue weighted by Gasteiger charge is 1.95. The Bertz CT molecular complexity index is 316. The van der Waals surface area contributed by atoms with E-state index in [0.717, 1.165) is 11.3 Å². The molecule has 0 aliphatic carbocycles. The van der Waals surface area contributed by atoms with E-state index in [1.165, 1.54) is 0 Å². The number of nitrogens with zero attached hydrogens (tertiary/aromatic N) is 1. The van der Waals surface area contributed by atoms with Crippen LogP contribution >= 0.6 is 0 Å². The highest BCUT2D eigenvalue weighted by Crippen LogP contribution is 2.13. The first-order valence-electron chi connectivity index (χ1n) is 3.52. The van der Waals surface area contributed by atoms with Gasteiger partial charge in [-0.1, -0.05) is 30.3 Å². The number of benzene rings is 1. The molecule has 2 aromatic rings. The Morgan fingerprint density at radius 3 is 2.33 bits per heavy atom. The number of hydrogen-bond acceptors (Lipinski definition) is 1. The average Bonchev–Trinajstić information content (AvgIpc) is 2.58. The number of rotatable bonds is 1. The van der Waals surface area contributed by atoms with Gasteiger partial charge < -0.3 is 0 Å². The van der Waals surface area contributed by atoms with Crippen molar-refractivity contribution < 1.29 is 5.48 Å². The summed E-state index contributed by atoms with van der Waals surface area (Å²) in [6.07, 6.45) is 1.82. The van der Waals surface area contributed by atoms with Gasteiger partial charge in [-0.25, -0.2) is 0 Å². The summed E-state index contributed by atoms with van der Waals surface area (Å²) in [4.78, 5) is 0. The number of hydrogen-bond donors (Lipinski definition) is 1. The molecule has 2 radical (unpaired) electrons. The van der Waals surface area contributed by atoms with Crippen LogP contribution in [0.1, 0.15) is 0 Å². The van der Waals surface area contributed by atoms with E-state index in [0.29, 0.717) is 0 Å². The molecule has 1 aromatic carbocycles. The summed E-state index contributed by atoms with van der Waals surface area (Å²) in [6.45, 7) is 0. The SMILES string of the molecule is [O].c1ccc(-c2cc[nH]n2)cc1. The maximum Gasteiger partial charge on any atom is 0.0920 e. The van der Waals surface area contributed by atoms with Crippen LogP contribution in [0.25, 0.3) is 11.3 Å². The van der Waals surface area contributed by atoms with Crippen molar-refractivity contribution in [1.29, 1.82) is 0 Å². The Morgan fingerprint density at radius 1 is 1.00 bits per heavy atom. The van der Waals surface area contributed by atoms with Gasteiger partial charge in [-0.3, -0.25) is 5.10 Å². The Morgan fingerprint density at radius 2 is 1.75 bits per heavy atom. The van der Waals surface area contributed by atoms with Gasteiger partial charge in [0, 0.05) is 17.2 Å². The summed E-state index contributed by atoms with van der Waals surface area (Å²) in [5.74, 6) is 0. The van der Waals surface area contributed by atoms with Crippen molar-refractivity contribution in [3.05, 3.63) is 42.6 Å². The smallest absolute Gasteiger partial charge is 0.0920 e. The highest BCUT2D eigenvalue weighted by atomic mass is 16.0. The van der Waals surface area contributed by atoms with E-state index in [1.807, 2.05) is 42.6 Å². The molecule has 1 aromatic heterocycles. The number of aromatic nitrogens is 2. The van der Waals surface area contributed by atoms with Gasteiger partial charge in [-0.15, -0.1) is 0 Å². The summed E-state index contributed by atoms with van der Waals surface area (Å²) in [6, 6.07) is 12.0. The van der Waals surface area contributed by atoms with Gasteiger partial charge in [0.2, 0.25) is 0 Å². The molecule has 1 heterocycles. The molecule has 2 rings (SSSR count). The summed E-state index contributed by atoms with van der Waals surface area (Å²) >= 11 is 0. The van der Waals surface area contributed by atoms with Crippen LogP contribution in [-0.2, 0) is 5.48 Å². The first-order chi connectivity index (χ1) is 5.47. The fraction of sp³-hybridized carbons (Fsp3) is 0. The van der Waals surface area contributed by atoms with Gasteiger partial charge in [-0.2, -0.15) is 5.10 Å². The van der Waals surface area contributed by atoms with Crippen LogP contribution in [0, 0.1) is 0 Å². The van der Waals surface area contributed by atoms with Gasteiger partial charge >= 0.3 is 0 Å². The van der Waals surface area contributed by atoms with Crippen molar-refractivity contribution in [3.8, 4) is 11.3 Å². The molecule has 0 aliphatic rings. The monoisotopic (exact) mass is 160 g/mol. The molecule has 0 unspecified atom stereocenters. The van der Waals surface area contributed by atoms with Crippen LogP contribution in [0.2, 0.25) is 0 Å². The average molecular weight is 160 g/mol. The summed E-state index contributed by atoms with van der Waals surface area (Å²) in [5.41, 5.74) is 2.14. The van der Waals surface area contributed by atoms with Crippen LogP contribution in [0.4, 0.5) is 0 Å². The lowest BCUT2D eigenvalue weighted by Crippen LogP contribution is -1.75. The number of H-pyrrole nitrogens is 1. The van der Waals surface area contributed by atoms with E-state index in [9.17, 15) is 0 Å². The van der Waals surface area contributed by atoms with E-state index in [-0.39, 0.29) is 5.48 Å². The Kier molecular flexibility index (Phi) is 2.61. The zero-order chi connectivity index (χ0) is 7.52. The molecule has 0 atom stereocenters. The first kappa shape index (κ1) is 8.49. The Balaban J connectivity index is 0.000000720. The van der Waals surface area contributed by atoms with Crippen LogP contribution in [0.5, 0.6) is 0 Å². The fourth-order valence-corrected chi connectivity index (χ4v) is 1.03. The van der Waals surface area contributed by atoms with Crippen molar-refractivity contribution in [2.45, 2.75) is 0 Å². The van der Waals surface area contributed by atoms with Crippen LogP contribution in [0.15, 0.2) is 42.6 Å². The third-order valence-electron chi connectivity index (χ3n) is 1.57. The van der Waals surface area contributed by atoms with Crippen LogP contribution in [-0.4, -0.2) is 10.2 Å². The lowest BCUT2D eigenvalue weighted by molar-refractivity contribution is 0.686. The van der Waals surface area contributed by atoms with Gasteiger partial charge in [0.15, 0.2) is 0 Å². The predicted octanol–water partition coefficient (Wildman–Crippen LogP) is 1.96. The lowest BCUT2D eigenvalue weighted by atomic mass is 10.2. The molecule has 0 spiro atoms. The quantitative estimate of drug-likeness (QED) is 0.681. The molecule has 0 saturated heterocycles. The second-order valence-corrected chi connectivity index (χ2v) is 2.33. The van der Waals surface area contributed by atoms with E-state index >= 15 is 0 Å². The van der Waals surface area contributed by atoms with Gasteiger partial charge in [-0.05, 0) is 6.07 Å². The Labute approximate surface area is 70.4 Å². The van der Waals surface area contributed by atoms with E-state index in [2.05, 4.69) is 10.2 Å². The number of nitrogens with one attached hydrogen (secondary N) is 1.